The summed E-state index contributed by atoms with van der Waals surface area (Å²) in [5.41, 5.74) is 7.22. The number of rotatable bonds is 5. The second kappa shape index (κ2) is 5.73. The van der Waals surface area contributed by atoms with Crippen molar-refractivity contribution in [1.82, 2.24) is 5.32 Å². The van der Waals surface area contributed by atoms with E-state index in [0.717, 1.165) is 18.6 Å². The molecule has 0 radical (unpaired) electrons. The number of para-hydroxylation sites is 1. The van der Waals surface area contributed by atoms with Crippen LogP contribution in [0.4, 0.5) is 0 Å². The number of aliphatic imine (C=N–C) groups is 1. The highest BCUT2D eigenvalue weighted by Crippen LogP contribution is 2.52. The van der Waals surface area contributed by atoms with Crippen molar-refractivity contribution in [2.24, 2.45) is 10.7 Å². The average molecular weight is 275 g/mol. The Hall–Kier alpha value is -1.71. The zero-order valence-electron chi connectivity index (χ0n) is 12.8. The fourth-order valence-electron chi connectivity index (χ4n) is 2.50. The number of guanidine groups is 1. The quantitative estimate of drug-likeness (QED) is 0.641. The van der Waals surface area contributed by atoms with Gasteiger partial charge in [-0.05, 0) is 25.8 Å². The van der Waals surface area contributed by atoms with Gasteiger partial charge in [-0.2, -0.15) is 0 Å². The van der Waals surface area contributed by atoms with E-state index >= 15 is 0 Å². The van der Waals surface area contributed by atoms with Crippen LogP contribution in [0.5, 0.6) is 5.75 Å². The normalized spacial score (nSPS) is 27.0. The molecule has 0 aliphatic heterocycles. The largest absolute Gasteiger partial charge is 0.496 e. The molecule has 0 heterocycles. The Morgan fingerprint density at radius 3 is 2.90 bits per heavy atom. The predicted octanol–water partition coefficient (Wildman–Crippen LogP) is 2.43. The molecule has 110 valence electrons. The molecule has 3 N–H and O–H groups in total. The summed E-state index contributed by atoms with van der Waals surface area (Å²) in [5.74, 6) is 1.48. The highest BCUT2D eigenvalue weighted by molar-refractivity contribution is 5.78. The molecule has 20 heavy (non-hydrogen) atoms. The third-order valence-corrected chi connectivity index (χ3v) is 4.22. The van der Waals surface area contributed by atoms with Gasteiger partial charge in [-0.25, -0.2) is 4.99 Å². The number of nitrogens with one attached hydrogen (secondary N) is 1. The summed E-state index contributed by atoms with van der Waals surface area (Å²) in [6, 6.07) is 8.74. The number of benzene rings is 1. The molecule has 0 saturated heterocycles. The van der Waals surface area contributed by atoms with E-state index in [1.807, 2.05) is 18.2 Å². The molecule has 1 aromatic carbocycles. The highest BCUT2D eigenvalue weighted by Gasteiger charge is 2.53. The first-order valence-corrected chi connectivity index (χ1v) is 7.24. The Bertz CT molecular complexity index is 500. The Morgan fingerprint density at radius 2 is 2.25 bits per heavy atom. The van der Waals surface area contributed by atoms with Gasteiger partial charge in [-0.1, -0.05) is 32.0 Å². The Kier molecular flexibility index (Phi) is 4.21. The van der Waals surface area contributed by atoms with Gasteiger partial charge in [0.15, 0.2) is 5.96 Å². The topological polar surface area (TPSA) is 59.6 Å². The Morgan fingerprint density at radius 1 is 1.55 bits per heavy atom. The fraction of sp³-hybridized carbons (Fsp3) is 0.562. The first-order chi connectivity index (χ1) is 9.51. The van der Waals surface area contributed by atoms with Crippen LogP contribution in [0.2, 0.25) is 0 Å². The van der Waals surface area contributed by atoms with Gasteiger partial charge in [0.05, 0.1) is 13.2 Å². The number of nitrogens with zero attached hydrogens (tertiary/aromatic N) is 1. The van der Waals surface area contributed by atoms with Crippen molar-refractivity contribution in [2.45, 2.75) is 51.1 Å². The van der Waals surface area contributed by atoms with E-state index in [1.54, 1.807) is 7.11 Å². The van der Waals surface area contributed by atoms with Crippen LogP contribution in [0, 0.1) is 0 Å². The van der Waals surface area contributed by atoms with Crippen molar-refractivity contribution in [3.63, 3.8) is 0 Å². The predicted molar refractivity (Wildman–Crippen MR) is 83.3 cm³/mol. The molecule has 1 aliphatic carbocycles. The van der Waals surface area contributed by atoms with E-state index in [1.165, 1.54) is 5.56 Å². The molecule has 3 unspecified atom stereocenters. The molecule has 4 nitrogen and oxygen atoms in total. The smallest absolute Gasteiger partial charge is 0.189 e. The number of nitrogens with two attached hydrogens (primary N) is 1. The standard InChI is InChI=1S/C16H25N3O/c1-5-11(2)18-15(17)19-14-10-16(14,3)12-8-6-7-9-13(12)20-4/h6-9,11,14H,5,10H2,1-4H3,(H3,17,18,19). The van der Waals surface area contributed by atoms with Gasteiger partial charge in [-0.3, -0.25) is 0 Å². The molecule has 0 bridgehead atoms. The molecule has 4 heteroatoms. The van der Waals surface area contributed by atoms with Gasteiger partial charge in [0, 0.05) is 17.0 Å². The van der Waals surface area contributed by atoms with Gasteiger partial charge >= 0.3 is 0 Å². The van der Waals surface area contributed by atoms with Crippen LogP contribution in [-0.4, -0.2) is 25.2 Å². The van der Waals surface area contributed by atoms with Crippen molar-refractivity contribution in [3.8, 4) is 5.75 Å². The molecule has 3 atom stereocenters. The van der Waals surface area contributed by atoms with E-state index in [2.05, 4.69) is 37.1 Å². The van der Waals surface area contributed by atoms with E-state index in [4.69, 9.17) is 10.5 Å². The number of methoxy groups -OCH3 is 1. The summed E-state index contributed by atoms with van der Waals surface area (Å²) in [7, 11) is 1.71. The summed E-state index contributed by atoms with van der Waals surface area (Å²) < 4.78 is 5.45. The number of ether oxygens (including phenoxy) is 1. The van der Waals surface area contributed by atoms with Gasteiger partial charge in [0.2, 0.25) is 0 Å². The van der Waals surface area contributed by atoms with Crippen LogP contribution in [0.25, 0.3) is 0 Å². The summed E-state index contributed by atoms with van der Waals surface area (Å²) in [6.07, 6.45) is 2.04. The maximum Gasteiger partial charge on any atom is 0.189 e. The highest BCUT2D eigenvalue weighted by atomic mass is 16.5. The number of hydrogen-bond acceptors (Lipinski definition) is 2. The molecule has 1 saturated carbocycles. The van der Waals surface area contributed by atoms with Gasteiger partial charge in [0.25, 0.3) is 0 Å². The zero-order valence-corrected chi connectivity index (χ0v) is 12.8. The molecule has 0 amide bonds. The van der Waals surface area contributed by atoms with Crippen LogP contribution in [0.1, 0.15) is 39.2 Å². The Labute approximate surface area is 121 Å². The number of hydrogen-bond donors (Lipinski definition) is 2. The lowest BCUT2D eigenvalue weighted by Gasteiger charge is -2.15. The third kappa shape index (κ3) is 2.89. The summed E-state index contributed by atoms with van der Waals surface area (Å²) in [4.78, 5) is 4.61. The van der Waals surface area contributed by atoms with Gasteiger partial charge in [0.1, 0.15) is 5.75 Å². The molecular formula is C16H25N3O. The minimum Gasteiger partial charge on any atom is -0.496 e. The Balaban J connectivity index is 2.10. The lowest BCUT2D eigenvalue weighted by Crippen LogP contribution is -2.38. The van der Waals surface area contributed by atoms with Crippen LogP contribution in [0.15, 0.2) is 29.3 Å². The van der Waals surface area contributed by atoms with Crippen LogP contribution in [0.3, 0.4) is 0 Å². The molecule has 1 fully saturated rings. The zero-order chi connectivity index (χ0) is 14.8. The van der Waals surface area contributed by atoms with Crippen molar-refractivity contribution in [1.29, 1.82) is 0 Å². The molecule has 1 aromatic rings. The van der Waals surface area contributed by atoms with Crippen molar-refractivity contribution >= 4 is 5.96 Å². The summed E-state index contributed by atoms with van der Waals surface area (Å²) in [6.45, 7) is 6.45. The van der Waals surface area contributed by atoms with E-state index < -0.39 is 0 Å². The average Bonchev–Trinajstić information content (AvgIpc) is 3.09. The van der Waals surface area contributed by atoms with Crippen molar-refractivity contribution in [3.05, 3.63) is 29.8 Å². The maximum absolute atomic E-state index is 5.97. The van der Waals surface area contributed by atoms with Crippen molar-refractivity contribution in [2.75, 3.05) is 7.11 Å². The third-order valence-electron chi connectivity index (χ3n) is 4.22. The molecular weight excluding hydrogens is 250 g/mol. The maximum atomic E-state index is 5.97. The van der Waals surface area contributed by atoms with Gasteiger partial charge < -0.3 is 15.8 Å². The van der Waals surface area contributed by atoms with Crippen LogP contribution >= 0.6 is 0 Å². The molecule has 2 rings (SSSR count). The van der Waals surface area contributed by atoms with Crippen LogP contribution < -0.4 is 15.8 Å². The van der Waals surface area contributed by atoms with E-state index in [9.17, 15) is 0 Å². The minimum absolute atomic E-state index is 0.0361. The summed E-state index contributed by atoms with van der Waals surface area (Å²) in [5, 5.41) is 3.22. The first kappa shape index (κ1) is 14.7. The molecule has 0 spiro atoms. The molecule has 0 aromatic heterocycles. The monoisotopic (exact) mass is 275 g/mol. The van der Waals surface area contributed by atoms with E-state index in [-0.39, 0.29) is 11.5 Å². The second-order valence-electron chi connectivity index (χ2n) is 5.81. The first-order valence-electron chi connectivity index (χ1n) is 7.24. The minimum atomic E-state index is 0.0361. The SMILES string of the molecule is CCC(C)NC(N)=NC1CC1(C)c1ccccc1OC. The molecule has 1 aliphatic rings. The van der Waals surface area contributed by atoms with E-state index in [0.29, 0.717) is 12.0 Å². The van der Waals surface area contributed by atoms with Gasteiger partial charge in [-0.15, -0.1) is 0 Å². The summed E-state index contributed by atoms with van der Waals surface area (Å²) >= 11 is 0. The fourth-order valence-corrected chi connectivity index (χ4v) is 2.50. The van der Waals surface area contributed by atoms with Crippen molar-refractivity contribution < 1.29 is 4.74 Å². The lowest BCUT2D eigenvalue weighted by atomic mass is 9.96. The van der Waals surface area contributed by atoms with Crippen LogP contribution in [-0.2, 0) is 5.41 Å². The lowest BCUT2D eigenvalue weighted by molar-refractivity contribution is 0.405. The second-order valence-corrected chi connectivity index (χ2v) is 5.81.